The number of fused-ring (bicyclic) bond motifs is 2. The van der Waals surface area contributed by atoms with Gasteiger partial charge in [0.05, 0.1) is 23.7 Å². The molecule has 0 spiro atoms. The molecule has 2 N–H and O–H groups in total. The van der Waals surface area contributed by atoms with Gasteiger partial charge in [-0.25, -0.2) is 14.0 Å². The van der Waals surface area contributed by atoms with Crippen molar-refractivity contribution in [2.45, 2.75) is 57.5 Å². The third-order valence-corrected chi connectivity index (χ3v) is 7.45. The van der Waals surface area contributed by atoms with Gasteiger partial charge in [0, 0.05) is 42.6 Å². The molecular weight excluding hydrogens is 485 g/mol. The van der Waals surface area contributed by atoms with Crippen LogP contribution in [-0.4, -0.2) is 68.2 Å². The molecule has 11 heteroatoms. The van der Waals surface area contributed by atoms with Crippen LogP contribution in [0.15, 0.2) is 34.9 Å². The molecule has 1 saturated carbocycles. The lowest BCUT2D eigenvalue weighted by molar-refractivity contribution is -0.147. The topological polar surface area (TPSA) is 141 Å². The quantitative estimate of drug-likeness (QED) is 0.453. The molecule has 4 atom stereocenters. The maximum Gasteiger partial charge on any atom is 0.328 e. The van der Waals surface area contributed by atoms with E-state index in [0.717, 1.165) is 50.6 Å². The molecule has 198 valence electrons. The van der Waals surface area contributed by atoms with Crippen molar-refractivity contribution in [3.05, 3.63) is 41.9 Å². The Morgan fingerprint density at radius 2 is 1.68 bits per heavy atom. The molecule has 3 aliphatic rings. The van der Waals surface area contributed by atoms with Crippen molar-refractivity contribution in [2.24, 2.45) is 11.8 Å². The molecule has 1 aliphatic carbocycles. The first-order chi connectivity index (χ1) is 17.7. The van der Waals surface area contributed by atoms with E-state index < -0.39 is 17.9 Å². The fraction of sp³-hybridized carbons (Fsp3) is 0.500. The molecule has 37 heavy (non-hydrogen) atoms. The van der Waals surface area contributed by atoms with E-state index in [1.165, 1.54) is 23.5 Å². The highest BCUT2D eigenvalue weighted by atomic mass is 19.1. The van der Waals surface area contributed by atoms with Crippen molar-refractivity contribution in [1.82, 2.24) is 15.0 Å². The number of amides is 2. The van der Waals surface area contributed by atoms with Gasteiger partial charge in [0.2, 0.25) is 11.8 Å². The summed E-state index contributed by atoms with van der Waals surface area (Å²) in [6.07, 6.45) is 6.72. The Balaban J connectivity index is 0.000000349. The van der Waals surface area contributed by atoms with Crippen molar-refractivity contribution in [2.75, 3.05) is 13.1 Å². The molecule has 1 aromatic heterocycles. The first-order valence-corrected chi connectivity index (χ1v) is 12.5. The summed E-state index contributed by atoms with van der Waals surface area (Å²) in [7, 11) is 0. The van der Waals surface area contributed by atoms with E-state index in [-0.39, 0.29) is 35.6 Å². The van der Waals surface area contributed by atoms with Crippen LogP contribution in [0.1, 0.15) is 57.1 Å². The highest BCUT2D eigenvalue weighted by molar-refractivity contribution is 6.06. The van der Waals surface area contributed by atoms with Crippen LogP contribution in [-0.2, 0) is 19.2 Å². The summed E-state index contributed by atoms with van der Waals surface area (Å²) in [6, 6.07) is 4.36. The third kappa shape index (κ3) is 5.56. The number of rotatable bonds is 5. The molecular formula is C26H30FN3O7. The molecule has 2 amide bonds. The summed E-state index contributed by atoms with van der Waals surface area (Å²) >= 11 is 0. The minimum atomic E-state index is -1.26. The van der Waals surface area contributed by atoms with Gasteiger partial charge in [-0.1, -0.05) is 18.0 Å². The number of nitrogens with zero attached hydrogens (tertiary/aromatic N) is 3. The van der Waals surface area contributed by atoms with Crippen LogP contribution in [0, 0.1) is 17.7 Å². The van der Waals surface area contributed by atoms with E-state index in [0.29, 0.717) is 23.4 Å². The zero-order valence-corrected chi connectivity index (χ0v) is 20.5. The average molecular weight is 516 g/mol. The van der Waals surface area contributed by atoms with Crippen LogP contribution in [0.4, 0.5) is 4.39 Å². The predicted molar refractivity (Wildman–Crippen MR) is 129 cm³/mol. The van der Waals surface area contributed by atoms with E-state index >= 15 is 0 Å². The number of aromatic nitrogens is 1. The first kappa shape index (κ1) is 26.5. The van der Waals surface area contributed by atoms with Gasteiger partial charge in [-0.05, 0) is 44.7 Å². The summed E-state index contributed by atoms with van der Waals surface area (Å²) in [4.78, 5) is 49.6. The lowest BCUT2D eigenvalue weighted by Crippen LogP contribution is -2.51. The third-order valence-electron chi connectivity index (χ3n) is 7.45. The molecule has 1 aromatic carbocycles. The Bertz CT molecular complexity index is 1200. The molecule has 4 unspecified atom stereocenters. The minimum Gasteiger partial charge on any atom is -0.478 e. The predicted octanol–water partition coefficient (Wildman–Crippen LogP) is 3.38. The van der Waals surface area contributed by atoms with Crippen molar-refractivity contribution in [1.29, 1.82) is 0 Å². The molecule has 3 heterocycles. The van der Waals surface area contributed by atoms with Crippen molar-refractivity contribution < 1.29 is 38.3 Å². The monoisotopic (exact) mass is 515 g/mol. The number of imide groups is 1. The fourth-order valence-electron chi connectivity index (χ4n) is 5.74. The van der Waals surface area contributed by atoms with Crippen LogP contribution in [0.2, 0.25) is 0 Å². The number of hydrogen-bond acceptors (Lipinski definition) is 7. The van der Waals surface area contributed by atoms with E-state index in [2.05, 4.69) is 10.1 Å². The Hall–Kier alpha value is -3.60. The van der Waals surface area contributed by atoms with Crippen molar-refractivity contribution in [3.63, 3.8) is 0 Å². The minimum absolute atomic E-state index is 0.0402. The zero-order chi connectivity index (χ0) is 26.7. The van der Waals surface area contributed by atoms with Gasteiger partial charge in [-0.2, -0.15) is 0 Å². The van der Waals surface area contributed by atoms with Crippen LogP contribution in [0.3, 0.4) is 0 Å². The highest BCUT2D eigenvalue weighted by Gasteiger charge is 2.55. The van der Waals surface area contributed by atoms with Crippen LogP contribution in [0.25, 0.3) is 11.0 Å². The number of halogens is 1. The molecule has 3 fully saturated rings. The molecule has 2 saturated heterocycles. The second-order valence-electron chi connectivity index (χ2n) is 9.66. The molecule has 0 radical (unpaired) electrons. The number of carbonyl (C=O) groups is 4. The largest absolute Gasteiger partial charge is 0.478 e. The van der Waals surface area contributed by atoms with Gasteiger partial charge in [0.25, 0.3) is 0 Å². The number of likely N-dealkylation sites (tertiary alicyclic amines) is 2. The summed E-state index contributed by atoms with van der Waals surface area (Å²) in [5, 5.41) is 20.6. The summed E-state index contributed by atoms with van der Waals surface area (Å²) in [5.74, 6) is -3.88. The summed E-state index contributed by atoms with van der Waals surface area (Å²) in [5.41, 5.74) is 1.07. The summed E-state index contributed by atoms with van der Waals surface area (Å²) < 4.78 is 18.9. The Morgan fingerprint density at radius 3 is 2.32 bits per heavy atom. The Labute approximate surface area is 212 Å². The van der Waals surface area contributed by atoms with Crippen molar-refractivity contribution in [3.8, 4) is 0 Å². The Kier molecular flexibility index (Phi) is 8.01. The van der Waals surface area contributed by atoms with E-state index in [9.17, 15) is 23.6 Å². The van der Waals surface area contributed by atoms with Crippen LogP contribution >= 0.6 is 0 Å². The zero-order valence-electron chi connectivity index (χ0n) is 20.5. The number of carbonyl (C=O) groups excluding carboxylic acids is 2. The number of carboxylic acids is 2. The van der Waals surface area contributed by atoms with Crippen LogP contribution < -0.4 is 0 Å². The number of aliphatic carboxylic acids is 2. The van der Waals surface area contributed by atoms with Crippen molar-refractivity contribution >= 4 is 34.7 Å². The maximum absolute atomic E-state index is 13.5. The number of carboxylic acid groups (broad SMARTS) is 2. The molecule has 2 aliphatic heterocycles. The van der Waals surface area contributed by atoms with Gasteiger partial charge >= 0.3 is 11.9 Å². The van der Waals surface area contributed by atoms with E-state index in [1.807, 2.05) is 6.92 Å². The second kappa shape index (κ2) is 11.2. The summed E-state index contributed by atoms with van der Waals surface area (Å²) in [6.45, 7) is 3.83. The average Bonchev–Trinajstić information content (AvgIpc) is 3.41. The Morgan fingerprint density at radius 1 is 1.03 bits per heavy atom. The second-order valence-corrected chi connectivity index (χ2v) is 9.66. The highest BCUT2D eigenvalue weighted by Crippen LogP contribution is 2.48. The van der Waals surface area contributed by atoms with Gasteiger partial charge < -0.3 is 14.7 Å². The first-order valence-electron chi connectivity index (χ1n) is 12.5. The van der Waals surface area contributed by atoms with Crippen LogP contribution in [0.5, 0.6) is 0 Å². The van der Waals surface area contributed by atoms with Gasteiger partial charge in [-0.3, -0.25) is 19.4 Å². The molecule has 2 aromatic rings. The lowest BCUT2D eigenvalue weighted by Gasteiger charge is -2.36. The van der Waals surface area contributed by atoms with Gasteiger partial charge in [0.15, 0.2) is 5.58 Å². The number of benzene rings is 1. The van der Waals surface area contributed by atoms with E-state index in [4.69, 9.17) is 14.7 Å². The standard InChI is InChI=1S/C22H26FN3O3.C4H4O4/c1-13(25-10-3-2-4-11-25)26-21(27)17-7-5-6-16(19(17)22(26)28)20-15-9-8-14(23)12-18(15)29-24-20;5-3(6)1-2-4(7)8/h8-9,12-13,16-17,19H,2-7,10-11H2,1H3;1-2H,(H,5,6)(H,7,8). The molecule has 5 rings (SSSR count). The molecule has 10 nitrogen and oxygen atoms in total. The number of piperidine rings is 1. The molecule has 0 bridgehead atoms. The van der Waals surface area contributed by atoms with Gasteiger partial charge in [-0.15, -0.1) is 0 Å². The number of hydrogen-bond donors (Lipinski definition) is 2. The lowest BCUT2D eigenvalue weighted by atomic mass is 9.71. The maximum atomic E-state index is 13.5. The van der Waals surface area contributed by atoms with Gasteiger partial charge in [0.1, 0.15) is 5.82 Å². The normalized spacial score (nSPS) is 25.1. The smallest absolute Gasteiger partial charge is 0.328 e. The SMILES string of the molecule is CC(N1CCCCC1)N1C(=O)C2CCCC(c3noc4cc(F)ccc34)C2C1=O.O=C(O)C=CC(=O)O. The fourth-order valence-corrected chi connectivity index (χ4v) is 5.74. The van der Waals surface area contributed by atoms with E-state index in [1.54, 1.807) is 6.07 Å².